The van der Waals surface area contributed by atoms with Gasteiger partial charge in [0, 0.05) is 27.1 Å². The zero-order chi connectivity index (χ0) is 31.8. The minimum absolute atomic E-state index is 0.109. The minimum atomic E-state index is -0.469. The summed E-state index contributed by atoms with van der Waals surface area (Å²) in [6.07, 6.45) is 1.67. The maximum atomic E-state index is 13.5. The number of rotatable bonds is 10. The third-order valence-corrected chi connectivity index (χ3v) is 8.72. The molecule has 0 bridgehead atoms. The van der Waals surface area contributed by atoms with Gasteiger partial charge < -0.3 is 16.0 Å². The van der Waals surface area contributed by atoms with Gasteiger partial charge >= 0.3 is 0 Å². The summed E-state index contributed by atoms with van der Waals surface area (Å²) in [5.41, 5.74) is 5.84. The highest BCUT2D eigenvalue weighted by atomic mass is 32.2. The molecule has 1 unspecified atom stereocenters. The number of benzene rings is 4. The van der Waals surface area contributed by atoms with Gasteiger partial charge in [0.05, 0.1) is 10.9 Å². The Bertz CT molecular complexity index is 1850. The maximum absolute atomic E-state index is 13.5. The molecule has 3 amide bonds. The molecule has 4 aromatic carbocycles. The van der Waals surface area contributed by atoms with E-state index in [0.717, 1.165) is 27.3 Å². The number of carbonyl (C=O) groups excluding carboxylic acids is 3. The molecule has 1 aromatic heterocycles. The second-order valence-corrected chi connectivity index (χ2v) is 12.6. The van der Waals surface area contributed by atoms with Gasteiger partial charge in [0.1, 0.15) is 5.70 Å². The highest BCUT2D eigenvalue weighted by Gasteiger charge is 2.18. The largest absolute Gasteiger partial charge is 0.321 e. The maximum Gasteiger partial charge on any atom is 0.272 e. The van der Waals surface area contributed by atoms with E-state index in [4.69, 9.17) is 0 Å². The Hall–Kier alpha value is -4.99. The fourth-order valence-corrected chi connectivity index (χ4v) is 5.99. The number of nitrogens with zero attached hydrogens (tertiary/aromatic N) is 1. The van der Waals surface area contributed by atoms with E-state index in [1.807, 2.05) is 92.9 Å². The predicted octanol–water partition coefficient (Wildman–Crippen LogP) is 7.96. The van der Waals surface area contributed by atoms with E-state index in [0.29, 0.717) is 16.4 Å². The van der Waals surface area contributed by atoms with Crippen LogP contribution in [0.2, 0.25) is 0 Å². The van der Waals surface area contributed by atoms with Gasteiger partial charge in [-0.25, -0.2) is 4.98 Å². The fourth-order valence-electron chi connectivity index (χ4n) is 4.34. The quantitative estimate of drug-likeness (QED) is 0.107. The molecule has 45 heavy (non-hydrogen) atoms. The van der Waals surface area contributed by atoms with Crippen molar-refractivity contribution in [3.8, 4) is 11.3 Å². The molecule has 0 fully saturated rings. The highest BCUT2D eigenvalue weighted by Crippen LogP contribution is 2.29. The predicted molar refractivity (Wildman–Crippen MR) is 184 cm³/mol. The van der Waals surface area contributed by atoms with E-state index in [-0.39, 0.29) is 17.5 Å². The first-order valence-corrected chi connectivity index (χ1v) is 16.1. The number of hydrogen-bond acceptors (Lipinski definition) is 6. The molecule has 1 heterocycles. The van der Waals surface area contributed by atoms with Crippen LogP contribution in [0.1, 0.15) is 34.0 Å². The molecule has 0 aliphatic heterocycles. The third-order valence-electron chi connectivity index (χ3n) is 6.87. The fraction of sp³-hybridized carbons (Fsp3) is 0.111. The zero-order valence-electron chi connectivity index (χ0n) is 25.0. The van der Waals surface area contributed by atoms with Crippen molar-refractivity contribution in [2.24, 2.45) is 0 Å². The van der Waals surface area contributed by atoms with Gasteiger partial charge in [-0.15, -0.1) is 23.1 Å². The lowest BCUT2D eigenvalue weighted by Gasteiger charge is -2.14. The number of thioether (sulfide) groups is 1. The van der Waals surface area contributed by atoms with Gasteiger partial charge in [-0.2, -0.15) is 0 Å². The smallest absolute Gasteiger partial charge is 0.272 e. The third kappa shape index (κ3) is 8.56. The van der Waals surface area contributed by atoms with Crippen LogP contribution in [0.3, 0.4) is 0 Å². The molecular weight excluding hydrogens is 601 g/mol. The Morgan fingerprint density at radius 1 is 0.844 bits per heavy atom. The molecular formula is C36H32N4O3S2. The monoisotopic (exact) mass is 632 g/mol. The molecule has 5 rings (SSSR count). The SMILES string of the molecule is Cc1ccc(-c2csc(NC(=O)C(C)Sc3cccc(NC(=O)/C(=C/c4ccccc4C)NC(=O)c4ccccc4)c3)n2)cc1. The Morgan fingerprint density at radius 3 is 2.33 bits per heavy atom. The molecule has 5 aromatic rings. The average Bonchev–Trinajstić information content (AvgIpc) is 3.51. The molecule has 0 aliphatic rings. The van der Waals surface area contributed by atoms with Crippen LogP contribution < -0.4 is 16.0 Å². The summed E-state index contributed by atoms with van der Waals surface area (Å²) in [7, 11) is 0. The molecule has 0 aliphatic carbocycles. The van der Waals surface area contributed by atoms with Crippen LogP contribution in [0.15, 0.2) is 119 Å². The molecule has 0 spiro atoms. The van der Waals surface area contributed by atoms with Crippen molar-refractivity contribution in [1.29, 1.82) is 0 Å². The summed E-state index contributed by atoms with van der Waals surface area (Å²) in [5.74, 6) is -1.03. The molecule has 3 N–H and O–H groups in total. The number of carbonyl (C=O) groups is 3. The standard InChI is InChI=1S/C36H32N4O3S2/c1-23-16-18-26(19-17-23)32-22-44-36(39-32)40-33(41)25(3)45-30-15-9-14-29(21-30)37-35(43)31(20-28-13-8-7-10-24(28)2)38-34(42)27-11-5-4-6-12-27/h4-22,25H,1-3H3,(H,37,43)(H,38,42)(H,39,40,41)/b31-20-. The van der Waals surface area contributed by atoms with Crippen LogP contribution in [-0.2, 0) is 9.59 Å². The normalized spacial score (nSPS) is 11.8. The van der Waals surface area contributed by atoms with Gasteiger partial charge in [-0.05, 0) is 68.3 Å². The number of amides is 3. The molecule has 7 nitrogen and oxygen atoms in total. The van der Waals surface area contributed by atoms with Gasteiger partial charge in [0.25, 0.3) is 11.8 Å². The molecule has 1 atom stereocenters. The van der Waals surface area contributed by atoms with Crippen molar-refractivity contribution in [3.05, 3.63) is 136 Å². The zero-order valence-corrected chi connectivity index (χ0v) is 26.7. The molecule has 0 saturated heterocycles. The molecule has 0 radical (unpaired) electrons. The minimum Gasteiger partial charge on any atom is -0.321 e. The van der Waals surface area contributed by atoms with Crippen LogP contribution in [-0.4, -0.2) is 28.0 Å². The number of thiazole rings is 1. The van der Waals surface area contributed by atoms with Crippen LogP contribution in [0, 0.1) is 13.8 Å². The van der Waals surface area contributed by atoms with E-state index < -0.39 is 11.2 Å². The van der Waals surface area contributed by atoms with Gasteiger partial charge in [0.2, 0.25) is 5.91 Å². The van der Waals surface area contributed by atoms with E-state index in [2.05, 4.69) is 20.9 Å². The second-order valence-electron chi connectivity index (χ2n) is 10.4. The Morgan fingerprint density at radius 2 is 1.58 bits per heavy atom. The Balaban J connectivity index is 1.25. The van der Waals surface area contributed by atoms with Crippen molar-refractivity contribution in [1.82, 2.24) is 10.3 Å². The molecule has 9 heteroatoms. The summed E-state index contributed by atoms with van der Waals surface area (Å²) in [6, 6.07) is 31.7. The number of aryl methyl sites for hydroxylation is 2. The summed E-state index contributed by atoms with van der Waals surface area (Å²) in [4.78, 5) is 44.8. The van der Waals surface area contributed by atoms with Crippen molar-refractivity contribution in [3.63, 3.8) is 0 Å². The summed E-state index contributed by atoms with van der Waals surface area (Å²) in [6.45, 7) is 5.80. The molecule has 226 valence electrons. The topological polar surface area (TPSA) is 100 Å². The second kappa shape index (κ2) is 14.7. The number of anilines is 2. The summed E-state index contributed by atoms with van der Waals surface area (Å²) >= 11 is 2.75. The van der Waals surface area contributed by atoms with Crippen molar-refractivity contribution < 1.29 is 14.4 Å². The Kier molecular flexibility index (Phi) is 10.2. The lowest BCUT2D eigenvalue weighted by molar-refractivity contribution is -0.115. The van der Waals surface area contributed by atoms with Crippen molar-refractivity contribution in [2.45, 2.75) is 30.9 Å². The summed E-state index contributed by atoms with van der Waals surface area (Å²) in [5, 5.41) is 10.6. The van der Waals surface area contributed by atoms with E-state index in [1.54, 1.807) is 42.5 Å². The number of hydrogen-bond donors (Lipinski definition) is 3. The lowest BCUT2D eigenvalue weighted by atomic mass is 10.1. The first-order valence-electron chi connectivity index (χ1n) is 14.3. The highest BCUT2D eigenvalue weighted by molar-refractivity contribution is 8.00. The van der Waals surface area contributed by atoms with Gasteiger partial charge in [-0.1, -0.05) is 78.4 Å². The van der Waals surface area contributed by atoms with Gasteiger partial charge in [0.15, 0.2) is 5.13 Å². The van der Waals surface area contributed by atoms with Gasteiger partial charge in [-0.3, -0.25) is 14.4 Å². The van der Waals surface area contributed by atoms with Crippen molar-refractivity contribution >= 4 is 57.7 Å². The lowest BCUT2D eigenvalue weighted by Crippen LogP contribution is -2.30. The number of nitrogens with one attached hydrogen (secondary N) is 3. The van der Waals surface area contributed by atoms with Crippen LogP contribution in [0.25, 0.3) is 17.3 Å². The summed E-state index contributed by atoms with van der Waals surface area (Å²) < 4.78 is 0. The van der Waals surface area contributed by atoms with Crippen molar-refractivity contribution in [2.75, 3.05) is 10.6 Å². The number of aromatic nitrogens is 1. The first-order chi connectivity index (χ1) is 21.7. The van der Waals surface area contributed by atoms with Crippen LogP contribution in [0.5, 0.6) is 0 Å². The van der Waals surface area contributed by atoms with E-state index in [1.165, 1.54) is 28.7 Å². The van der Waals surface area contributed by atoms with E-state index >= 15 is 0 Å². The van der Waals surface area contributed by atoms with Crippen LogP contribution in [0.4, 0.5) is 10.8 Å². The average molecular weight is 633 g/mol. The molecule has 0 saturated carbocycles. The first kappa shape index (κ1) is 31.4. The Labute approximate surface area is 270 Å². The van der Waals surface area contributed by atoms with Crippen LogP contribution >= 0.6 is 23.1 Å². The van der Waals surface area contributed by atoms with E-state index in [9.17, 15) is 14.4 Å².